The van der Waals surface area contributed by atoms with Gasteiger partial charge in [-0.1, -0.05) is 18.2 Å². The van der Waals surface area contributed by atoms with Crippen LogP contribution in [-0.4, -0.2) is 17.2 Å². The Hall–Kier alpha value is -1.91. The smallest absolute Gasteiger partial charge is 0.137 e. The number of rotatable bonds is 3. The largest absolute Gasteiger partial charge is 0.495 e. The Kier molecular flexibility index (Phi) is 3.20. The van der Waals surface area contributed by atoms with E-state index >= 15 is 0 Å². The van der Waals surface area contributed by atoms with Gasteiger partial charge >= 0.3 is 0 Å². The number of fused-ring (bicyclic) bond motifs is 1. The lowest BCUT2D eigenvalue weighted by molar-refractivity contribution is 0.106. The average Bonchev–Trinajstić information content (AvgIpc) is 2.92. The summed E-state index contributed by atoms with van der Waals surface area (Å²) in [6, 6.07) is 12.0. The molecule has 3 nitrogen and oxygen atoms in total. The highest BCUT2D eigenvalue weighted by molar-refractivity contribution is 7.19. The summed E-state index contributed by atoms with van der Waals surface area (Å²) in [4.78, 5) is 5.02. The highest BCUT2D eigenvalue weighted by Crippen LogP contribution is 2.37. The summed E-state index contributed by atoms with van der Waals surface area (Å²) in [5.74, 6) is 0.642. The summed E-state index contributed by atoms with van der Waals surface area (Å²) in [5.41, 5.74) is -0.353. The molecule has 2 heterocycles. The predicted molar refractivity (Wildman–Crippen MR) is 81.3 cm³/mol. The van der Waals surface area contributed by atoms with Gasteiger partial charge in [-0.2, -0.15) is 0 Å². The number of aliphatic hydroxyl groups is 1. The van der Waals surface area contributed by atoms with E-state index in [4.69, 9.17) is 4.74 Å². The molecule has 0 amide bonds. The lowest BCUT2D eigenvalue weighted by Crippen LogP contribution is -2.21. The zero-order valence-corrected chi connectivity index (χ0v) is 12.1. The van der Waals surface area contributed by atoms with Crippen molar-refractivity contribution in [3.05, 3.63) is 59.2 Å². The quantitative estimate of drug-likeness (QED) is 0.800. The molecule has 3 rings (SSSR count). The molecule has 1 unspecified atom stereocenters. The Balaban J connectivity index is 2.09. The van der Waals surface area contributed by atoms with Crippen molar-refractivity contribution in [1.82, 2.24) is 4.98 Å². The first-order valence-electron chi connectivity index (χ1n) is 6.32. The molecule has 0 fully saturated rings. The van der Waals surface area contributed by atoms with Crippen LogP contribution in [0.5, 0.6) is 5.75 Å². The fourth-order valence-electron chi connectivity index (χ4n) is 2.16. The molecular formula is C16H15NO2S. The van der Waals surface area contributed by atoms with E-state index in [1.54, 1.807) is 37.8 Å². The van der Waals surface area contributed by atoms with Gasteiger partial charge in [-0.05, 0) is 30.5 Å². The Morgan fingerprint density at radius 2 is 2.00 bits per heavy atom. The predicted octanol–water partition coefficient (Wildman–Crippen LogP) is 3.56. The third-order valence-electron chi connectivity index (χ3n) is 3.42. The summed E-state index contributed by atoms with van der Waals surface area (Å²) >= 11 is 1.59. The van der Waals surface area contributed by atoms with Crippen molar-refractivity contribution in [3.63, 3.8) is 0 Å². The summed E-state index contributed by atoms with van der Waals surface area (Å²) in [7, 11) is 1.59. The maximum absolute atomic E-state index is 10.9. The number of methoxy groups -OCH3 is 1. The monoisotopic (exact) mass is 285 g/mol. The first-order chi connectivity index (χ1) is 9.61. The van der Waals surface area contributed by atoms with Crippen LogP contribution in [0.15, 0.2) is 48.8 Å². The van der Waals surface area contributed by atoms with Crippen LogP contribution in [0.4, 0.5) is 0 Å². The zero-order valence-electron chi connectivity index (χ0n) is 11.3. The number of thiophene rings is 1. The number of ether oxygens (including phenoxy) is 1. The van der Waals surface area contributed by atoms with Crippen molar-refractivity contribution in [2.24, 2.45) is 0 Å². The topological polar surface area (TPSA) is 42.4 Å². The van der Waals surface area contributed by atoms with Gasteiger partial charge in [0.25, 0.3) is 0 Å². The van der Waals surface area contributed by atoms with E-state index in [-0.39, 0.29) is 0 Å². The molecule has 0 radical (unpaired) electrons. The van der Waals surface area contributed by atoms with Crippen molar-refractivity contribution in [1.29, 1.82) is 0 Å². The zero-order chi connectivity index (χ0) is 14.2. The molecule has 1 aromatic carbocycles. The minimum Gasteiger partial charge on any atom is -0.495 e. The molecular weight excluding hydrogens is 270 g/mol. The summed E-state index contributed by atoms with van der Waals surface area (Å²) in [6.07, 6.45) is 3.30. The molecule has 0 aliphatic heterocycles. The third kappa shape index (κ3) is 2.17. The molecule has 4 heteroatoms. The standard InChI is InChI=1S/C16H15NO2S/c1-16(18,12-8-13(19-2)10-17-9-12)15-7-11-5-3-4-6-14(11)20-15/h3-10,18H,1-2H3. The fourth-order valence-corrected chi connectivity index (χ4v) is 3.29. The molecule has 1 N–H and O–H groups in total. The van der Waals surface area contributed by atoms with Crippen molar-refractivity contribution in [3.8, 4) is 5.75 Å². The second kappa shape index (κ2) is 4.89. The Labute approximate surface area is 121 Å². The minimum atomic E-state index is -1.08. The number of hydrogen-bond acceptors (Lipinski definition) is 4. The molecule has 3 aromatic rings. The van der Waals surface area contributed by atoms with Gasteiger partial charge in [0.1, 0.15) is 11.4 Å². The molecule has 0 bridgehead atoms. The van der Waals surface area contributed by atoms with E-state index < -0.39 is 5.60 Å². The minimum absolute atomic E-state index is 0.642. The molecule has 0 saturated carbocycles. The van der Waals surface area contributed by atoms with Crippen LogP contribution in [0, 0.1) is 0 Å². The maximum atomic E-state index is 10.9. The van der Waals surface area contributed by atoms with Gasteiger partial charge in [0.15, 0.2) is 0 Å². The van der Waals surface area contributed by atoms with Crippen LogP contribution in [0.25, 0.3) is 10.1 Å². The van der Waals surface area contributed by atoms with E-state index in [1.807, 2.05) is 24.3 Å². The second-order valence-corrected chi connectivity index (χ2v) is 5.92. The van der Waals surface area contributed by atoms with Crippen molar-refractivity contribution >= 4 is 21.4 Å². The number of benzene rings is 1. The third-order valence-corrected chi connectivity index (χ3v) is 4.74. The maximum Gasteiger partial charge on any atom is 0.137 e. The molecule has 0 aliphatic carbocycles. The SMILES string of the molecule is COc1cncc(C(C)(O)c2cc3ccccc3s2)c1. The van der Waals surface area contributed by atoms with Crippen molar-refractivity contribution in [2.45, 2.75) is 12.5 Å². The van der Waals surface area contributed by atoms with E-state index in [0.717, 1.165) is 15.8 Å². The van der Waals surface area contributed by atoms with E-state index in [0.29, 0.717) is 5.75 Å². The summed E-state index contributed by atoms with van der Waals surface area (Å²) in [6.45, 7) is 1.79. The number of pyridine rings is 1. The molecule has 2 aromatic heterocycles. The molecule has 0 saturated heterocycles. The highest BCUT2D eigenvalue weighted by Gasteiger charge is 2.28. The van der Waals surface area contributed by atoms with Crippen LogP contribution < -0.4 is 4.74 Å². The van der Waals surface area contributed by atoms with Crippen molar-refractivity contribution in [2.75, 3.05) is 7.11 Å². The molecule has 0 aliphatic rings. The molecule has 20 heavy (non-hydrogen) atoms. The van der Waals surface area contributed by atoms with E-state index in [1.165, 1.54) is 4.70 Å². The van der Waals surface area contributed by atoms with Gasteiger partial charge in [-0.15, -0.1) is 11.3 Å². The highest BCUT2D eigenvalue weighted by atomic mass is 32.1. The van der Waals surface area contributed by atoms with Gasteiger partial charge in [0.05, 0.1) is 13.3 Å². The van der Waals surface area contributed by atoms with Crippen LogP contribution in [0.2, 0.25) is 0 Å². The fraction of sp³-hybridized carbons (Fsp3) is 0.188. The normalized spacial score (nSPS) is 14.2. The lowest BCUT2D eigenvalue weighted by Gasteiger charge is -2.22. The summed E-state index contributed by atoms with van der Waals surface area (Å²) < 4.78 is 6.34. The number of hydrogen-bond donors (Lipinski definition) is 1. The molecule has 1 atom stereocenters. The van der Waals surface area contributed by atoms with Crippen LogP contribution >= 0.6 is 11.3 Å². The Morgan fingerprint density at radius 3 is 2.75 bits per heavy atom. The first-order valence-corrected chi connectivity index (χ1v) is 7.14. The van der Waals surface area contributed by atoms with Gasteiger partial charge in [-0.25, -0.2) is 0 Å². The van der Waals surface area contributed by atoms with Crippen LogP contribution in [-0.2, 0) is 5.60 Å². The van der Waals surface area contributed by atoms with Gasteiger partial charge in [0.2, 0.25) is 0 Å². The summed E-state index contributed by atoms with van der Waals surface area (Å²) in [5, 5.41) is 12.0. The number of nitrogens with zero attached hydrogens (tertiary/aromatic N) is 1. The van der Waals surface area contributed by atoms with Crippen LogP contribution in [0.3, 0.4) is 0 Å². The lowest BCUT2D eigenvalue weighted by atomic mass is 9.95. The van der Waals surface area contributed by atoms with Crippen molar-refractivity contribution < 1.29 is 9.84 Å². The molecule has 102 valence electrons. The van der Waals surface area contributed by atoms with Crippen LogP contribution in [0.1, 0.15) is 17.4 Å². The second-order valence-electron chi connectivity index (χ2n) is 4.83. The Bertz CT molecular complexity index is 716. The molecule has 0 spiro atoms. The average molecular weight is 285 g/mol. The van der Waals surface area contributed by atoms with Gasteiger partial charge < -0.3 is 9.84 Å². The number of aromatic nitrogens is 1. The van der Waals surface area contributed by atoms with E-state index in [9.17, 15) is 5.11 Å². The van der Waals surface area contributed by atoms with Gasteiger partial charge in [-0.3, -0.25) is 4.98 Å². The van der Waals surface area contributed by atoms with Gasteiger partial charge in [0, 0.05) is 21.3 Å². The Morgan fingerprint density at radius 1 is 1.20 bits per heavy atom. The van der Waals surface area contributed by atoms with E-state index in [2.05, 4.69) is 17.1 Å². The first kappa shape index (κ1) is 13.1.